The van der Waals surface area contributed by atoms with Crippen molar-refractivity contribution < 1.29 is 27.9 Å². The monoisotopic (exact) mass is 404 g/mol. The molecule has 2 heterocycles. The lowest BCUT2D eigenvalue weighted by molar-refractivity contribution is -0.141. The molecule has 1 saturated heterocycles. The third kappa shape index (κ3) is 4.11. The Kier molecular flexibility index (Phi) is 4.80. The van der Waals surface area contributed by atoms with Gasteiger partial charge in [0.15, 0.2) is 0 Å². The van der Waals surface area contributed by atoms with Crippen molar-refractivity contribution in [1.29, 1.82) is 0 Å². The van der Waals surface area contributed by atoms with Crippen LogP contribution >= 0.6 is 0 Å². The van der Waals surface area contributed by atoms with Crippen LogP contribution < -0.4 is 0 Å². The zero-order chi connectivity index (χ0) is 20.8. The molecule has 2 aliphatic rings. The van der Waals surface area contributed by atoms with Crippen LogP contribution in [0, 0.1) is 5.82 Å². The number of carboxylic acid groups (broad SMARTS) is 1. The zero-order valence-electron chi connectivity index (χ0n) is 15.4. The lowest BCUT2D eigenvalue weighted by Crippen LogP contribution is -2.41. The van der Waals surface area contributed by atoms with Gasteiger partial charge >= 0.3 is 5.97 Å². The maximum absolute atomic E-state index is 13.8. The number of rotatable bonds is 5. The van der Waals surface area contributed by atoms with Gasteiger partial charge in [-0.25, -0.2) is 22.9 Å². The van der Waals surface area contributed by atoms with Crippen molar-refractivity contribution in [1.82, 2.24) is 9.88 Å². The van der Waals surface area contributed by atoms with Gasteiger partial charge in [0, 0.05) is 18.5 Å². The molecular weight excluding hydrogens is 385 g/mol. The van der Waals surface area contributed by atoms with Gasteiger partial charge < -0.3 is 10.0 Å². The van der Waals surface area contributed by atoms with Crippen LogP contribution in [-0.4, -0.2) is 45.4 Å². The van der Waals surface area contributed by atoms with Gasteiger partial charge in [-0.15, -0.1) is 0 Å². The number of alkyl halides is 2. The molecule has 1 aromatic heterocycles. The van der Waals surface area contributed by atoms with E-state index in [1.807, 2.05) is 0 Å². The van der Waals surface area contributed by atoms with Crippen molar-refractivity contribution in [3.05, 3.63) is 64.7 Å². The molecule has 1 aliphatic carbocycles. The molecule has 8 heteroatoms. The smallest absolute Gasteiger partial charge is 0.326 e. The fraction of sp³-hybridized carbons (Fsp3) is 0.381. The molecule has 0 bridgehead atoms. The van der Waals surface area contributed by atoms with Crippen LogP contribution in [0.5, 0.6) is 0 Å². The van der Waals surface area contributed by atoms with Crippen LogP contribution in [0.3, 0.4) is 0 Å². The molecule has 1 atom stereocenters. The van der Waals surface area contributed by atoms with E-state index >= 15 is 0 Å². The Morgan fingerprint density at radius 1 is 1.14 bits per heavy atom. The summed E-state index contributed by atoms with van der Waals surface area (Å²) < 4.78 is 40.7. The third-order valence-corrected chi connectivity index (χ3v) is 5.35. The number of carbonyl (C=O) groups is 2. The molecule has 0 unspecified atom stereocenters. The number of hydrogen-bond donors (Lipinski definition) is 1. The van der Waals surface area contributed by atoms with E-state index in [0.717, 1.165) is 24.0 Å². The van der Waals surface area contributed by atoms with Gasteiger partial charge in [-0.2, -0.15) is 0 Å². The summed E-state index contributed by atoms with van der Waals surface area (Å²) in [6, 6.07) is 7.59. The lowest BCUT2D eigenvalue weighted by atomic mass is 10.0. The molecule has 2 aromatic rings. The Bertz CT molecular complexity index is 958. The van der Waals surface area contributed by atoms with Crippen LogP contribution in [0.2, 0.25) is 0 Å². The summed E-state index contributed by atoms with van der Waals surface area (Å²) >= 11 is 0. The molecule has 1 amide bonds. The number of aromatic nitrogens is 1. The summed E-state index contributed by atoms with van der Waals surface area (Å²) in [7, 11) is 0. The standard InChI is InChI=1S/C21H19F3N2O3/c22-14-5-1-12(2-6-14)9-17-15(13-3-4-13)7-8-16(25-17)19(27)26-11-21(23,24)10-18(26)20(28)29/h1-2,5-8,13,18H,3-4,9-11H2,(H,28,29)/t18-/m0/s1. The number of nitrogens with zero attached hydrogens (tertiary/aromatic N) is 2. The van der Waals surface area contributed by atoms with Gasteiger partial charge in [0.1, 0.15) is 17.6 Å². The van der Waals surface area contributed by atoms with E-state index in [-0.39, 0.29) is 11.5 Å². The van der Waals surface area contributed by atoms with Crippen molar-refractivity contribution in [3.63, 3.8) is 0 Å². The lowest BCUT2D eigenvalue weighted by Gasteiger charge is -2.21. The van der Waals surface area contributed by atoms with Gasteiger partial charge in [0.25, 0.3) is 11.8 Å². The van der Waals surface area contributed by atoms with E-state index in [1.165, 1.54) is 18.2 Å². The summed E-state index contributed by atoms with van der Waals surface area (Å²) in [5.74, 6) is -5.55. The Morgan fingerprint density at radius 2 is 1.83 bits per heavy atom. The zero-order valence-corrected chi connectivity index (χ0v) is 15.4. The van der Waals surface area contributed by atoms with Crippen molar-refractivity contribution in [2.45, 2.75) is 43.6 Å². The Hall–Kier alpha value is -2.90. The van der Waals surface area contributed by atoms with Crippen LogP contribution in [0.4, 0.5) is 13.2 Å². The van der Waals surface area contributed by atoms with E-state index < -0.39 is 36.8 Å². The normalized spacial score (nSPS) is 20.7. The van der Waals surface area contributed by atoms with Crippen LogP contribution in [0.15, 0.2) is 36.4 Å². The predicted molar refractivity (Wildman–Crippen MR) is 97.4 cm³/mol. The fourth-order valence-corrected chi connectivity index (χ4v) is 3.73. The molecular formula is C21H19F3N2O3. The van der Waals surface area contributed by atoms with Crippen molar-refractivity contribution in [2.24, 2.45) is 0 Å². The predicted octanol–water partition coefficient (Wildman–Crippen LogP) is 3.62. The van der Waals surface area contributed by atoms with E-state index in [1.54, 1.807) is 18.2 Å². The number of pyridine rings is 1. The minimum Gasteiger partial charge on any atom is -0.480 e. The molecule has 1 aromatic carbocycles. The largest absolute Gasteiger partial charge is 0.480 e. The fourth-order valence-electron chi connectivity index (χ4n) is 3.73. The Labute approximate surface area is 165 Å². The molecule has 1 saturated carbocycles. The second-order valence-electron chi connectivity index (χ2n) is 7.66. The molecule has 4 rings (SSSR count). The first-order chi connectivity index (χ1) is 13.7. The number of hydrogen-bond acceptors (Lipinski definition) is 3. The molecule has 1 aliphatic heterocycles. The molecule has 0 radical (unpaired) electrons. The first-order valence-electron chi connectivity index (χ1n) is 9.39. The maximum atomic E-state index is 13.8. The van der Waals surface area contributed by atoms with Crippen LogP contribution in [0.1, 0.15) is 52.5 Å². The molecule has 2 fully saturated rings. The number of halogens is 3. The summed E-state index contributed by atoms with van der Waals surface area (Å²) in [6.45, 7) is -0.942. The summed E-state index contributed by atoms with van der Waals surface area (Å²) in [5.41, 5.74) is 2.35. The highest BCUT2D eigenvalue weighted by molar-refractivity contribution is 5.95. The van der Waals surface area contributed by atoms with Crippen LogP contribution in [-0.2, 0) is 11.2 Å². The highest BCUT2D eigenvalue weighted by Gasteiger charge is 2.50. The molecule has 1 N–H and O–H groups in total. The summed E-state index contributed by atoms with van der Waals surface area (Å²) in [5, 5.41) is 9.23. The van der Waals surface area contributed by atoms with Crippen molar-refractivity contribution in [3.8, 4) is 0 Å². The highest BCUT2D eigenvalue weighted by atomic mass is 19.3. The van der Waals surface area contributed by atoms with Gasteiger partial charge in [-0.3, -0.25) is 4.79 Å². The number of likely N-dealkylation sites (tertiary alicyclic amines) is 1. The molecule has 29 heavy (non-hydrogen) atoms. The van der Waals surface area contributed by atoms with Gasteiger partial charge in [-0.05, 0) is 48.1 Å². The van der Waals surface area contributed by atoms with E-state index in [9.17, 15) is 27.9 Å². The average Bonchev–Trinajstić information content (AvgIpc) is 3.45. The van der Waals surface area contributed by atoms with Gasteiger partial charge in [-0.1, -0.05) is 18.2 Å². The van der Waals surface area contributed by atoms with Gasteiger partial charge in [0.2, 0.25) is 0 Å². The van der Waals surface area contributed by atoms with Crippen molar-refractivity contribution in [2.75, 3.05) is 6.54 Å². The molecule has 0 spiro atoms. The third-order valence-electron chi connectivity index (χ3n) is 5.35. The minimum atomic E-state index is -3.25. The quantitative estimate of drug-likeness (QED) is 0.826. The number of carbonyl (C=O) groups excluding carboxylic acids is 1. The SMILES string of the molecule is O=C(O)[C@@H]1CC(F)(F)CN1C(=O)c1ccc(C2CC2)c(Cc2ccc(F)cc2)n1. The summed E-state index contributed by atoms with van der Waals surface area (Å²) in [6.07, 6.45) is 1.47. The average molecular weight is 404 g/mol. The number of amides is 1. The highest BCUT2D eigenvalue weighted by Crippen LogP contribution is 2.42. The van der Waals surface area contributed by atoms with Crippen LogP contribution in [0.25, 0.3) is 0 Å². The Balaban J connectivity index is 1.64. The van der Waals surface area contributed by atoms with Crippen molar-refractivity contribution >= 4 is 11.9 Å². The van der Waals surface area contributed by atoms with Gasteiger partial charge in [0.05, 0.1) is 6.54 Å². The maximum Gasteiger partial charge on any atom is 0.326 e. The van der Waals surface area contributed by atoms with E-state index in [4.69, 9.17) is 0 Å². The molecule has 5 nitrogen and oxygen atoms in total. The molecule has 152 valence electrons. The number of aliphatic carboxylic acids is 1. The summed E-state index contributed by atoms with van der Waals surface area (Å²) in [4.78, 5) is 29.3. The van der Waals surface area contributed by atoms with E-state index in [0.29, 0.717) is 22.9 Å². The van der Waals surface area contributed by atoms with E-state index in [2.05, 4.69) is 4.98 Å². The Morgan fingerprint density at radius 3 is 2.45 bits per heavy atom. The minimum absolute atomic E-state index is 0.0598. The second kappa shape index (κ2) is 7.17. The number of benzene rings is 1. The first kappa shape index (κ1) is 19.4. The first-order valence-corrected chi connectivity index (χ1v) is 9.39. The topological polar surface area (TPSA) is 70.5 Å². The number of carboxylic acids is 1. The second-order valence-corrected chi connectivity index (χ2v) is 7.66.